The highest BCUT2D eigenvalue weighted by atomic mass is 32.2. The Balaban J connectivity index is 1.63. The molecule has 2 aromatic carbocycles. The number of aromatic nitrogens is 4. The highest BCUT2D eigenvalue weighted by Gasteiger charge is 2.19. The highest BCUT2D eigenvalue weighted by Crippen LogP contribution is 2.21. The number of hydrogen-bond donors (Lipinski definition) is 2. The van der Waals surface area contributed by atoms with E-state index in [4.69, 9.17) is 0 Å². The number of nitrogens with zero attached hydrogens (tertiary/aromatic N) is 5. The van der Waals surface area contributed by atoms with Crippen LogP contribution in [0.5, 0.6) is 0 Å². The van der Waals surface area contributed by atoms with Gasteiger partial charge in [-0.05, 0) is 62.7 Å². The summed E-state index contributed by atoms with van der Waals surface area (Å²) in [6, 6.07) is 13.2. The van der Waals surface area contributed by atoms with Crippen molar-refractivity contribution >= 4 is 33.1 Å². The van der Waals surface area contributed by atoms with Crippen LogP contribution in [0.4, 0.5) is 17.3 Å². The summed E-state index contributed by atoms with van der Waals surface area (Å²) in [6.07, 6.45) is 2.82. The number of nitro groups is 1. The molecule has 4 rings (SSSR count). The maximum atomic E-state index is 13.3. The van der Waals surface area contributed by atoms with Crippen molar-refractivity contribution in [2.24, 2.45) is 4.99 Å². The van der Waals surface area contributed by atoms with Gasteiger partial charge in [0.1, 0.15) is 0 Å². The molecule has 0 aliphatic heterocycles. The second kappa shape index (κ2) is 10.8. The van der Waals surface area contributed by atoms with Gasteiger partial charge in [0.2, 0.25) is 5.95 Å². The van der Waals surface area contributed by atoms with Gasteiger partial charge in [-0.25, -0.2) is 27.8 Å². The van der Waals surface area contributed by atoms with Crippen LogP contribution < -0.4 is 10.3 Å². The van der Waals surface area contributed by atoms with Crippen molar-refractivity contribution in [3.8, 4) is 5.69 Å². The lowest BCUT2D eigenvalue weighted by Crippen LogP contribution is -2.19. The average molecular weight is 536 g/mol. The standard InChI is InChI=1S/C25H25N7O5S/c1-4-5-22-23(24(33)31(29-22)19-8-10-20(11-9-19)32(34)35)17(3)28-18-6-12-21(13-7-18)38(36,37)30-25-26-15-14-16(2)27-25/h6-15,29H,4-5H2,1-3H3,(H,26,27,30). The van der Waals surface area contributed by atoms with Crippen molar-refractivity contribution in [2.75, 3.05) is 4.72 Å². The van der Waals surface area contributed by atoms with Crippen LogP contribution in [0.2, 0.25) is 0 Å². The second-order valence-electron chi connectivity index (χ2n) is 8.45. The third-order valence-electron chi connectivity index (χ3n) is 5.61. The summed E-state index contributed by atoms with van der Waals surface area (Å²) in [5.41, 5.74) is 2.63. The summed E-state index contributed by atoms with van der Waals surface area (Å²) in [4.78, 5) is 36.3. The third-order valence-corrected chi connectivity index (χ3v) is 6.95. The topological polar surface area (TPSA) is 165 Å². The molecule has 0 amide bonds. The van der Waals surface area contributed by atoms with E-state index < -0.39 is 14.9 Å². The van der Waals surface area contributed by atoms with Crippen LogP contribution in [0.15, 0.2) is 75.5 Å². The van der Waals surface area contributed by atoms with E-state index in [9.17, 15) is 23.3 Å². The Morgan fingerprint density at radius 1 is 1.13 bits per heavy atom. The molecular formula is C25H25N7O5S. The molecule has 0 bridgehead atoms. The lowest BCUT2D eigenvalue weighted by atomic mass is 10.1. The number of benzene rings is 2. The molecule has 0 fully saturated rings. The second-order valence-corrected chi connectivity index (χ2v) is 10.1. The number of non-ortho nitro benzene ring substituents is 1. The number of aryl methyl sites for hydroxylation is 2. The minimum Gasteiger partial charge on any atom is -0.294 e. The van der Waals surface area contributed by atoms with Gasteiger partial charge >= 0.3 is 0 Å². The molecule has 0 unspecified atom stereocenters. The summed E-state index contributed by atoms with van der Waals surface area (Å²) < 4.78 is 29.1. The van der Waals surface area contributed by atoms with E-state index in [0.717, 1.165) is 6.42 Å². The molecule has 0 aliphatic carbocycles. The molecule has 2 N–H and O–H groups in total. The molecule has 0 atom stereocenters. The third kappa shape index (κ3) is 5.67. The minimum atomic E-state index is -3.91. The van der Waals surface area contributed by atoms with E-state index in [1.54, 1.807) is 19.9 Å². The summed E-state index contributed by atoms with van der Waals surface area (Å²) >= 11 is 0. The quantitative estimate of drug-likeness (QED) is 0.185. The maximum Gasteiger partial charge on any atom is 0.280 e. The fourth-order valence-electron chi connectivity index (χ4n) is 3.82. The molecule has 0 spiro atoms. The van der Waals surface area contributed by atoms with Crippen LogP contribution in [-0.4, -0.2) is 38.8 Å². The monoisotopic (exact) mass is 535 g/mol. The number of nitro benzene ring substituents is 1. The lowest BCUT2D eigenvalue weighted by Gasteiger charge is -2.07. The maximum absolute atomic E-state index is 13.3. The fraction of sp³-hybridized carbons (Fsp3) is 0.200. The molecule has 0 radical (unpaired) electrons. The zero-order valence-electron chi connectivity index (χ0n) is 20.9. The van der Waals surface area contributed by atoms with Crippen LogP contribution >= 0.6 is 0 Å². The summed E-state index contributed by atoms with van der Waals surface area (Å²) in [5, 5.41) is 14.1. The minimum absolute atomic E-state index is 0.00746. The van der Waals surface area contributed by atoms with Gasteiger partial charge in [-0.15, -0.1) is 0 Å². The first-order valence-electron chi connectivity index (χ1n) is 11.7. The van der Waals surface area contributed by atoms with Crippen molar-refractivity contribution in [1.29, 1.82) is 0 Å². The average Bonchev–Trinajstić information content (AvgIpc) is 3.20. The first kappa shape index (κ1) is 26.4. The van der Waals surface area contributed by atoms with E-state index in [1.165, 1.54) is 59.4 Å². The van der Waals surface area contributed by atoms with Crippen molar-refractivity contribution in [2.45, 2.75) is 38.5 Å². The van der Waals surface area contributed by atoms with E-state index >= 15 is 0 Å². The smallest absolute Gasteiger partial charge is 0.280 e. The van der Waals surface area contributed by atoms with E-state index in [2.05, 4.69) is 24.8 Å². The van der Waals surface area contributed by atoms with Crippen LogP contribution in [0.3, 0.4) is 0 Å². The fourth-order valence-corrected chi connectivity index (χ4v) is 4.77. The Kier molecular flexibility index (Phi) is 7.48. The lowest BCUT2D eigenvalue weighted by molar-refractivity contribution is -0.384. The molecule has 38 heavy (non-hydrogen) atoms. The molecule has 196 valence electrons. The first-order chi connectivity index (χ1) is 18.1. The number of aromatic amines is 1. The Morgan fingerprint density at radius 3 is 2.42 bits per heavy atom. The van der Waals surface area contributed by atoms with Gasteiger partial charge in [0.25, 0.3) is 21.3 Å². The van der Waals surface area contributed by atoms with Gasteiger partial charge < -0.3 is 0 Å². The van der Waals surface area contributed by atoms with E-state index in [0.29, 0.717) is 40.5 Å². The Labute approximate surface area is 218 Å². The highest BCUT2D eigenvalue weighted by molar-refractivity contribution is 7.92. The molecule has 0 aliphatic rings. The first-order valence-corrected chi connectivity index (χ1v) is 13.1. The molecule has 2 heterocycles. The molecule has 2 aromatic heterocycles. The largest absolute Gasteiger partial charge is 0.294 e. The predicted molar refractivity (Wildman–Crippen MR) is 143 cm³/mol. The van der Waals surface area contributed by atoms with Gasteiger partial charge in [-0.1, -0.05) is 13.3 Å². The van der Waals surface area contributed by atoms with Crippen molar-refractivity contribution in [1.82, 2.24) is 19.7 Å². The van der Waals surface area contributed by atoms with Crippen LogP contribution in [0.1, 0.15) is 37.2 Å². The predicted octanol–water partition coefficient (Wildman–Crippen LogP) is 4.07. The summed E-state index contributed by atoms with van der Waals surface area (Å²) in [5.74, 6) is -0.0249. The van der Waals surface area contributed by atoms with Gasteiger partial charge in [0, 0.05) is 29.7 Å². The van der Waals surface area contributed by atoms with Crippen molar-refractivity contribution in [3.63, 3.8) is 0 Å². The number of hydrogen-bond acceptors (Lipinski definition) is 8. The van der Waals surface area contributed by atoms with Gasteiger partial charge in [0.15, 0.2) is 0 Å². The molecule has 12 nitrogen and oxygen atoms in total. The number of sulfonamides is 1. The van der Waals surface area contributed by atoms with Crippen molar-refractivity contribution < 1.29 is 13.3 Å². The summed E-state index contributed by atoms with van der Waals surface area (Å²) in [6.45, 7) is 5.41. The number of rotatable bonds is 9. The molecule has 0 saturated carbocycles. The number of nitrogens with one attached hydrogen (secondary N) is 2. The normalized spacial score (nSPS) is 11.9. The van der Waals surface area contributed by atoms with E-state index in [-0.39, 0.29) is 22.1 Å². The van der Waals surface area contributed by atoms with Gasteiger partial charge in [0.05, 0.1) is 32.5 Å². The Morgan fingerprint density at radius 2 is 1.82 bits per heavy atom. The molecule has 4 aromatic rings. The zero-order valence-corrected chi connectivity index (χ0v) is 21.7. The SMILES string of the molecule is CCCc1[nH]n(-c2ccc([N+](=O)[O-])cc2)c(=O)c1C(C)=Nc1ccc(S(=O)(=O)Nc2nccc(C)n2)cc1. The van der Waals surface area contributed by atoms with Crippen LogP contribution in [-0.2, 0) is 16.4 Å². The number of aliphatic imine (C=N–C) groups is 1. The number of H-pyrrole nitrogens is 1. The van der Waals surface area contributed by atoms with E-state index in [1.807, 2.05) is 6.92 Å². The van der Waals surface area contributed by atoms with Gasteiger partial charge in [-0.2, -0.15) is 0 Å². The Hall–Kier alpha value is -4.65. The zero-order chi connectivity index (χ0) is 27.4. The van der Waals surface area contributed by atoms with Crippen molar-refractivity contribution in [3.05, 3.63) is 98.2 Å². The van der Waals surface area contributed by atoms with Crippen LogP contribution in [0, 0.1) is 17.0 Å². The van der Waals surface area contributed by atoms with Gasteiger partial charge in [-0.3, -0.25) is 25.0 Å². The van der Waals surface area contributed by atoms with Crippen LogP contribution in [0.25, 0.3) is 5.69 Å². The Bertz CT molecular complexity index is 1670. The molecular weight excluding hydrogens is 510 g/mol. The number of anilines is 1. The molecule has 0 saturated heterocycles. The molecule has 13 heteroatoms. The summed E-state index contributed by atoms with van der Waals surface area (Å²) in [7, 11) is -3.91.